The Hall–Kier alpha value is -3.59. The van der Waals surface area contributed by atoms with Gasteiger partial charge in [0.05, 0.1) is 6.26 Å². The van der Waals surface area contributed by atoms with Crippen LogP contribution >= 0.6 is 0 Å². The molecule has 0 radical (unpaired) electrons. The van der Waals surface area contributed by atoms with Gasteiger partial charge in [-0.3, -0.25) is 0 Å². The second kappa shape index (κ2) is 8.49. The molecule has 0 aliphatic carbocycles. The zero-order chi connectivity index (χ0) is 18.2. The number of esters is 1. The van der Waals surface area contributed by atoms with E-state index in [-0.39, 0.29) is 0 Å². The second-order valence-electron chi connectivity index (χ2n) is 5.53. The highest BCUT2D eigenvalue weighted by Gasteiger charge is 2.11. The molecule has 0 bridgehead atoms. The van der Waals surface area contributed by atoms with E-state index in [0.29, 0.717) is 0 Å². The predicted molar refractivity (Wildman–Crippen MR) is 106 cm³/mol. The van der Waals surface area contributed by atoms with Gasteiger partial charge in [0, 0.05) is 23.1 Å². The molecule has 0 unspecified atom stereocenters. The van der Waals surface area contributed by atoms with Crippen LogP contribution in [0.1, 0.15) is 5.56 Å². The summed E-state index contributed by atoms with van der Waals surface area (Å²) in [6, 6.07) is 28.4. The highest BCUT2D eigenvalue weighted by atomic mass is 16.5. The number of benzene rings is 3. The lowest BCUT2D eigenvalue weighted by atomic mass is 10.1. The molecule has 3 nitrogen and oxygen atoms in total. The van der Waals surface area contributed by atoms with Gasteiger partial charge in [-0.15, -0.1) is 0 Å². The van der Waals surface area contributed by atoms with Crippen LogP contribution in [0.2, 0.25) is 0 Å². The van der Waals surface area contributed by atoms with Crippen molar-refractivity contribution in [2.75, 3.05) is 4.90 Å². The third kappa shape index (κ3) is 4.28. The molecule has 0 saturated heterocycles. The molecule has 3 rings (SSSR count). The van der Waals surface area contributed by atoms with E-state index < -0.39 is 5.97 Å². The summed E-state index contributed by atoms with van der Waals surface area (Å²) in [5.74, 6) is -0.445. The number of hydrogen-bond acceptors (Lipinski definition) is 3. The Morgan fingerprint density at radius 2 is 1.27 bits per heavy atom. The minimum absolute atomic E-state index is 0.445. The molecule has 0 spiro atoms. The molecular weight excluding hydrogens is 322 g/mol. The lowest BCUT2D eigenvalue weighted by molar-refractivity contribution is -0.132. The predicted octanol–water partition coefficient (Wildman–Crippen LogP) is 5.86. The van der Waals surface area contributed by atoms with Gasteiger partial charge < -0.3 is 9.64 Å². The fourth-order valence-electron chi connectivity index (χ4n) is 2.62. The number of nitrogens with zero attached hydrogens (tertiary/aromatic N) is 1. The Bertz CT molecular complexity index is 845. The summed E-state index contributed by atoms with van der Waals surface area (Å²) in [6.07, 6.45) is 4.21. The van der Waals surface area contributed by atoms with Gasteiger partial charge in [0.1, 0.15) is 0 Å². The van der Waals surface area contributed by atoms with Gasteiger partial charge in [-0.25, -0.2) is 4.79 Å². The van der Waals surface area contributed by atoms with Gasteiger partial charge in [0.25, 0.3) is 0 Å². The van der Waals surface area contributed by atoms with Crippen LogP contribution in [0.15, 0.2) is 104 Å². The lowest BCUT2D eigenvalue weighted by Gasteiger charge is -2.25. The Labute approximate surface area is 153 Å². The Balaban J connectivity index is 1.90. The van der Waals surface area contributed by atoms with Crippen molar-refractivity contribution in [1.29, 1.82) is 0 Å². The second-order valence-corrected chi connectivity index (χ2v) is 5.53. The minimum atomic E-state index is -0.445. The van der Waals surface area contributed by atoms with E-state index in [1.807, 2.05) is 60.7 Å². The van der Waals surface area contributed by atoms with Crippen LogP contribution in [-0.2, 0) is 9.53 Å². The van der Waals surface area contributed by atoms with E-state index in [4.69, 9.17) is 0 Å². The molecule has 0 amide bonds. The summed E-state index contributed by atoms with van der Waals surface area (Å²) in [5, 5.41) is 0. The van der Waals surface area contributed by atoms with Crippen molar-refractivity contribution in [1.82, 2.24) is 0 Å². The molecule has 128 valence electrons. The largest absolute Gasteiger partial charge is 0.432 e. The first kappa shape index (κ1) is 17.2. The van der Waals surface area contributed by atoms with E-state index in [0.717, 1.165) is 28.9 Å². The number of para-hydroxylation sites is 2. The number of anilines is 3. The van der Waals surface area contributed by atoms with Crippen LogP contribution < -0.4 is 4.90 Å². The highest BCUT2D eigenvalue weighted by molar-refractivity contribution is 5.87. The highest BCUT2D eigenvalue weighted by Crippen LogP contribution is 2.34. The molecule has 0 saturated carbocycles. The molecule has 0 aliphatic rings. The first-order valence-electron chi connectivity index (χ1n) is 8.28. The topological polar surface area (TPSA) is 29.5 Å². The van der Waals surface area contributed by atoms with Crippen LogP contribution in [0, 0.1) is 0 Å². The van der Waals surface area contributed by atoms with Crippen molar-refractivity contribution in [2.45, 2.75) is 0 Å². The Morgan fingerprint density at radius 1 is 0.769 bits per heavy atom. The van der Waals surface area contributed by atoms with Crippen molar-refractivity contribution in [2.24, 2.45) is 0 Å². The van der Waals surface area contributed by atoms with Crippen LogP contribution in [0.5, 0.6) is 0 Å². The molecule has 0 atom stereocenters. The number of hydrogen-bond donors (Lipinski definition) is 0. The molecule has 0 heterocycles. The van der Waals surface area contributed by atoms with Gasteiger partial charge in [0.15, 0.2) is 0 Å². The maximum Gasteiger partial charge on any atom is 0.335 e. The van der Waals surface area contributed by atoms with Crippen molar-refractivity contribution in [3.63, 3.8) is 0 Å². The minimum Gasteiger partial charge on any atom is -0.432 e. The van der Waals surface area contributed by atoms with Gasteiger partial charge in [-0.2, -0.15) is 0 Å². The molecule has 3 aromatic rings. The van der Waals surface area contributed by atoms with Crippen LogP contribution in [0.25, 0.3) is 6.08 Å². The average molecular weight is 341 g/mol. The Kier molecular flexibility index (Phi) is 5.63. The number of carbonyl (C=O) groups is 1. The zero-order valence-corrected chi connectivity index (χ0v) is 14.3. The van der Waals surface area contributed by atoms with Crippen molar-refractivity contribution >= 4 is 29.1 Å². The summed E-state index contributed by atoms with van der Waals surface area (Å²) < 4.78 is 4.67. The summed E-state index contributed by atoms with van der Waals surface area (Å²) in [6.45, 7) is 3.36. The molecule has 0 aliphatic heterocycles. The number of carbonyl (C=O) groups excluding carboxylic acids is 1. The van der Waals surface area contributed by atoms with E-state index in [2.05, 4.69) is 40.5 Å². The maximum absolute atomic E-state index is 11.4. The fourth-order valence-corrected chi connectivity index (χ4v) is 2.62. The molecule has 0 aromatic heterocycles. The van der Waals surface area contributed by atoms with E-state index in [1.54, 1.807) is 6.08 Å². The molecule has 26 heavy (non-hydrogen) atoms. The van der Waals surface area contributed by atoms with Crippen molar-refractivity contribution in [3.05, 3.63) is 109 Å². The number of rotatable bonds is 6. The Morgan fingerprint density at radius 3 is 1.77 bits per heavy atom. The first-order chi connectivity index (χ1) is 12.8. The zero-order valence-electron chi connectivity index (χ0n) is 14.3. The van der Waals surface area contributed by atoms with Gasteiger partial charge in [0.2, 0.25) is 0 Å². The third-order valence-electron chi connectivity index (χ3n) is 3.79. The quantitative estimate of drug-likeness (QED) is 0.320. The van der Waals surface area contributed by atoms with E-state index >= 15 is 0 Å². The molecular formula is C23H19NO2. The summed E-state index contributed by atoms with van der Waals surface area (Å²) in [7, 11) is 0. The average Bonchev–Trinajstić information content (AvgIpc) is 2.69. The smallest absolute Gasteiger partial charge is 0.335 e. The molecule has 0 fully saturated rings. The molecule has 3 heteroatoms. The normalized spacial score (nSPS) is 10.5. The monoisotopic (exact) mass is 341 g/mol. The summed E-state index contributed by atoms with van der Waals surface area (Å²) >= 11 is 0. The fraction of sp³-hybridized carbons (Fsp3) is 0. The maximum atomic E-state index is 11.4. The van der Waals surface area contributed by atoms with Gasteiger partial charge >= 0.3 is 5.97 Å². The summed E-state index contributed by atoms with van der Waals surface area (Å²) in [4.78, 5) is 13.6. The van der Waals surface area contributed by atoms with Crippen LogP contribution in [0.4, 0.5) is 17.1 Å². The van der Waals surface area contributed by atoms with Crippen LogP contribution in [-0.4, -0.2) is 5.97 Å². The van der Waals surface area contributed by atoms with Crippen molar-refractivity contribution < 1.29 is 9.53 Å². The van der Waals surface area contributed by atoms with Gasteiger partial charge in [-0.1, -0.05) is 55.1 Å². The SMILES string of the molecule is C=COC(=O)C=Cc1ccc(N(c2ccccc2)c2ccccc2)cc1. The summed E-state index contributed by atoms with van der Waals surface area (Å²) in [5.41, 5.74) is 4.11. The van der Waals surface area contributed by atoms with E-state index in [1.165, 1.54) is 6.08 Å². The molecule has 3 aromatic carbocycles. The molecule has 0 N–H and O–H groups in total. The number of ether oxygens (including phenoxy) is 1. The first-order valence-corrected chi connectivity index (χ1v) is 8.28. The van der Waals surface area contributed by atoms with Crippen molar-refractivity contribution in [3.8, 4) is 0 Å². The van der Waals surface area contributed by atoms with Crippen LogP contribution in [0.3, 0.4) is 0 Å². The van der Waals surface area contributed by atoms with Gasteiger partial charge in [-0.05, 0) is 48.0 Å². The lowest BCUT2D eigenvalue weighted by Crippen LogP contribution is -2.09. The van der Waals surface area contributed by atoms with E-state index in [9.17, 15) is 4.79 Å². The third-order valence-corrected chi connectivity index (χ3v) is 3.79. The standard InChI is InChI=1S/C23H19NO2/c1-2-26-23(25)18-15-19-13-16-22(17-14-19)24(20-9-5-3-6-10-20)21-11-7-4-8-12-21/h2-18H,1H2.